The van der Waals surface area contributed by atoms with Gasteiger partial charge in [0.1, 0.15) is 5.82 Å². The molecular formula is C10H15FO3Si. The summed E-state index contributed by atoms with van der Waals surface area (Å²) in [4.78, 5) is 10.1. The van der Waals surface area contributed by atoms with Crippen LogP contribution in [0.4, 0.5) is 4.39 Å². The summed E-state index contributed by atoms with van der Waals surface area (Å²) in [5.74, 6) is -0.344. The third kappa shape index (κ3) is 3.10. The van der Waals surface area contributed by atoms with Crippen molar-refractivity contribution in [3.8, 4) is 0 Å². The Balaban J connectivity index is 2.92. The van der Waals surface area contributed by atoms with Crippen LogP contribution in [0.5, 0.6) is 0 Å². The van der Waals surface area contributed by atoms with Crippen molar-refractivity contribution in [2.45, 2.75) is 13.8 Å². The molecule has 1 rings (SSSR count). The van der Waals surface area contributed by atoms with E-state index in [0.717, 1.165) is 0 Å². The molecule has 0 unspecified atom stereocenters. The number of benzene rings is 1. The van der Waals surface area contributed by atoms with Crippen molar-refractivity contribution in [3.63, 3.8) is 0 Å². The minimum Gasteiger partial charge on any atom is -0.386 e. The molecule has 0 heterocycles. The summed E-state index contributed by atoms with van der Waals surface area (Å²) >= 11 is 0. The molecule has 0 aliphatic heterocycles. The van der Waals surface area contributed by atoms with Crippen LogP contribution in [0, 0.1) is 5.82 Å². The van der Waals surface area contributed by atoms with Gasteiger partial charge in [-0.1, -0.05) is 12.1 Å². The number of hydrogen-bond acceptors (Lipinski definition) is 3. The Labute approximate surface area is 89.8 Å². The van der Waals surface area contributed by atoms with Crippen molar-refractivity contribution in [3.05, 3.63) is 30.1 Å². The van der Waals surface area contributed by atoms with Crippen molar-refractivity contribution in [2.75, 3.05) is 13.2 Å². The van der Waals surface area contributed by atoms with E-state index in [1.165, 1.54) is 24.3 Å². The summed E-state index contributed by atoms with van der Waals surface area (Å²) in [6.07, 6.45) is 0. The molecule has 0 saturated heterocycles. The van der Waals surface area contributed by atoms with Gasteiger partial charge in [-0.3, -0.25) is 0 Å². The van der Waals surface area contributed by atoms with E-state index in [1.807, 2.05) is 0 Å². The summed E-state index contributed by atoms with van der Waals surface area (Å²) < 4.78 is 23.2. The fourth-order valence-electron chi connectivity index (χ4n) is 1.26. The fourth-order valence-corrected chi connectivity index (χ4v) is 3.05. The van der Waals surface area contributed by atoms with Crippen molar-refractivity contribution >= 4 is 14.0 Å². The van der Waals surface area contributed by atoms with Gasteiger partial charge in [-0.25, -0.2) is 4.39 Å². The van der Waals surface area contributed by atoms with Crippen molar-refractivity contribution in [1.29, 1.82) is 0 Å². The molecule has 0 saturated carbocycles. The van der Waals surface area contributed by atoms with Crippen LogP contribution in [0.25, 0.3) is 0 Å². The fraction of sp³-hybridized carbons (Fsp3) is 0.400. The lowest BCUT2D eigenvalue weighted by Crippen LogP contribution is -2.54. The topological polar surface area (TPSA) is 38.7 Å². The van der Waals surface area contributed by atoms with Crippen molar-refractivity contribution in [2.24, 2.45) is 0 Å². The normalized spacial score (nSPS) is 11.7. The molecule has 15 heavy (non-hydrogen) atoms. The van der Waals surface area contributed by atoms with Crippen LogP contribution in [0.1, 0.15) is 13.8 Å². The minimum atomic E-state index is -3.32. The van der Waals surface area contributed by atoms with Gasteiger partial charge in [0.05, 0.1) is 0 Å². The standard InChI is InChI=1S/C10H15FO3Si/c1-3-13-15(12,14-4-2)10-7-5-9(11)6-8-10/h5-8,12H,3-4H2,1-2H3. The molecule has 3 nitrogen and oxygen atoms in total. The molecule has 0 atom stereocenters. The Hall–Kier alpha value is -0.753. The second-order valence-corrected chi connectivity index (χ2v) is 5.27. The molecule has 0 amide bonds. The summed E-state index contributed by atoms with van der Waals surface area (Å²) in [5, 5.41) is 0.521. The van der Waals surface area contributed by atoms with Crippen LogP contribution in [0.15, 0.2) is 24.3 Å². The Morgan fingerprint density at radius 3 is 2.00 bits per heavy atom. The minimum absolute atomic E-state index is 0.344. The predicted molar refractivity (Wildman–Crippen MR) is 57.3 cm³/mol. The molecule has 0 fully saturated rings. The van der Waals surface area contributed by atoms with E-state index in [2.05, 4.69) is 0 Å². The van der Waals surface area contributed by atoms with Gasteiger partial charge in [0.15, 0.2) is 0 Å². The number of halogens is 1. The highest BCUT2D eigenvalue weighted by atomic mass is 28.4. The Bertz CT molecular complexity index is 296. The predicted octanol–water partition coefficient (Wildman–Crippen LogP) is 1.04. The number of hydrogen-bond donors (Lipinski definition) is 1. The molecule has 5 heteroatoms. The zero-order valence-corrected chi connectivity index (χ0v) is 9.87. The van der Waals surface area contributed by atoms with Gasteiger partial charge < -0.3 is 13.6 Å². The van der Waals surface area contributed by atoms with E-state index in [0.29, 0.717) is 18.4 Å². The van der Waals surface area contributed by atoms with Crippen LogP contribution in [-0.2, 0) is 8.85 Å². The van der Waals surface area contributed by atoms with Gasteiger partial charge in [0, 0.05) is 18.4 Å². The molecule has 0 aromatic heterocycles. The van der Waals surface area contributed by atoms with Crippen LogP contribution >= 0.6 is 0 Å². The van der Waals surface area contributed by atoms with Gasteiger partial charge in [0.25, 0.3) is 0 Å². The second-order valence-electron chi connectivity index (χ2n) is 2.95. The lowest BCUT2D eigenvalue weighted by atomic mass is 10.3. The third-order valence-corrected chi connectivity index (χ3v) is 4.31. The molecule has 0 spiro atoms. The first kappa shape index (κ1) is 12.3. The quantitative estimate of drug-likeness (QED) is 0.768. The smallest absolute Gasteiger partial charge is 0.386 e. The highest BCUT2D eigenvalue weighted by molar-refractivity contribution is 6.74. The highest BCUT2D eigenvalue weighted by Gasteiger charge is 2.38. The molecule has 0 bridgehead atoms. The summed E-state index contributed by atoms with van der Waals surface area (Å²) in [5.41, 5.74) is 0. The average molecular weight is 230 g/mol. The molecule has 1 aromatic rings. The molecule has 1 aromatic carbocycles. The van der Waals surface area contributed by atoms with Crippen LogP contribution < -0.4 is 5.19 Å². The molecule has 84 valence electrons. The first-order valence-electron chi connectivity index (χ1n) is 4.88. The first-order chi connectivity index (χ1) is 7.12. The van der Waals surface area contributed by atoms with E-state index in [-0.39, 0.29) is 5.82 Å². The van der Waals surface area contributed by atoms with Crippen molar-refractivity contribution in [1.82, 2.24) is 0 Å². The number of rotatable bonds is 5. The maximum atomic E-state index is 12.7. The zero-order chi connectivity index (χ0) is 11.3. The lowest BCUT2D eigenvalue weighted by Gasteiger charge is -2.22. The van der Waals surface area contributed by atoms with Gasteiger partial charge in [-0.15, -0.1) is 0 Å². The van der Waals surface area contributed by atoms with E-state index in [9.17, 15) is 9.19 Å². The first-order valence-corrected chi connectivity index (χ1v) is 6.65. The largest absolute Gasteiger partial charge is 0.534 e. The zero-order valence-electron chi connectivity index (χ0n) is 8.87. The van der Waals surface area contributed by atoms with E-state index >= 15 is 0 Å². The maximum absolute atomic E-state index is 12.7. The molecule has 1 N–H and O–H groups in total. The summed E-state index contributed by atoms with van der Waals surface area (Å²) in [6, 6.07) is 5.55. The van der Waals surface area contributed by atoms with Gasteiger partial charge >= 0.3 is 8.80 Å². The van der Waals surface area contributed by atoms with E-state index in [1.54, 1.807) is 13.8 Å². The van der Waals surface area contributed by atoms with Crippen molar-refractivity contribution < 1.29 is 18.0 Å². The Kier molecular flexibility index (Phi) is 4.40. The molecule has 0 radical (unpaired) electrons. The summed E-state index contributed by atoms with van der Waals surface area (Å²) in [6.45, 7) is 4.28. The molecule has 0 aliphatic rings. The lowest BCUT2D eigenvalue weighted by molar-refractivity contribution is 0.124. The van der Waals surface area contributed by atoms with Gasteiger partial charge in [0.2, 0.25) is 0 Å². The summed E-state index contributed by atoms with van der Waals surface area (Å²) in [7, 11) is -3.32. The maximum Gasteiger partial charge on any atom is 0.534 e. The van der Waals surface area contributed by atoms with Crippen LogP contribution in [0.2, 0.25) is 0 Å². The monoisotopic (exact) mass is 230 g/mol. The average Bonchev–Trinajstić information content (AvgIpc) is 2.19. The Morgan fingerprint density at radius 1 is 1.13 bits per heavy atom. The van der Waals surface area contributed by atoms with E-state index < -0.39 is 8.80 Å². The molecular weight excluding hydrogens is 215 g/mol. The second kappa shape index (κ2) is 5.36. The Morgan fingerprint density at radius 2 is 1.60 bits per heavy atom. The highest BCUT2D eigenvalue weighted by Crippen LogP contribution is 2.05. The van der Waals surface area contributed by atoms with Gasteiger partial charge in [-0.2, -0.15) is 0 Å². The third-order valence-electron chi connectivity index (χ3n) is 1.89. The van der Waals surface area contributed by atoms with Crippen LogP contribution in [-0.4, -0.2) is 26.8 Å². The molecule has 0 aliphatic carbocycles. The van der Waals surface area contributed by atoms with Gasteiger partial charge in [-0.05, 0) is 26.0 Å². The SMILES string of the molecule is CCO[Si](O)(OCC)c1ccc(F)cc1. The van der Waals surface area contributed by atoms with Crippen LogP contribution in [0.3, 0.4) is 0 Å². The van der Waals surface area contributed by atoms with E-state index in [4.69, 9.17) is 8.85 Å².